The second-order valence-corrected chi connectivity index (χ2v) is 6.62. The Kier molecular flexibility index (Phi) is 4.76. The topological polar surface area (TPSA) is 63.7 Å². The number of fused-ring (bicyclic) bond motifs is 1. The van der Waals surface area contributed by atoms with E-state index in [2.05, 4.69) is 10.3 Å². The van der Waals surface area contributed by atoms with E-state index in [4.69, 9.17) is 9.47 Å². The van der Waals surface area contributed by atoms with Crippen molar-refractivity contribution in [2.45, 2.75) is 0 Å². The number of hydrogen-bond acceptors (Lipinski definition) is 6. The molecule has 7 heteroatoms. The maximum atomic E-state index is 12.5. The van der Waals surface area contributed by atoms with Crippen molar-refractivity contribution in [3.8, 4) is 11.5 Å². The lowest BCUT2D eigenvalue weighted by molar-refractivity contribution is 0.102. The van der Waals surface area contributed by atoms with E-state index in [1.54, 1.807) is 26.4 Å². The number of ether oxygens (including phenoxy) is 2. The van der Waals surface area contributed by atoms with E-state index in [0.717, 1.165) is 15.9 Å². The van der Waals surface area contributed by atoms with E-state index in [0.29, 0.717) is 22.2 Å². The second kappa shape index (κ2) is 6.98. The first kappa shape index (κ1) is 17.0. The Morgan fingerprint density at radius 2 is 1.84 bits per heavy atom. The number of carbonyl (C=O) groups is 1. The summed E-state index contributed by atoms with van der Waals surface area (Å²) in [6, 6.07) is 11.1. The van der Waals surface area contributed by atoms with Gasteiger partial charge >= 0.3 is 0 Å². The minimum absolute atomic E-state index is 0.193. The van der Waals surface area contributed by atoms with Crippen LogP contribution in [0.1, 0.15) is 10.4 Å². The summed E-state index contributed by atoms with van der Waals surface area (Å²) in [6.45, 7) is 0. The summed E-state index contributed by atoms with van der Waals surface area (Å²) in [5, 5.41) is 3.39. The maximum absolute atomic E-state index is 12.5. The predicted octanol–water partition coefficient (Wildman–Crippen LogP) is 3.63. The Hall–Kier alpha value is -2.80. The third-order valence-corrected chi connectivity index (χ3v) is 4.67. The molecule has 0 saturated carbocycles. The van der Waals surface area contributed by atoms with Gasteiger partial charge in [0, 0.05) is 37.5 Å². The number of nitrogens with one attached hydrogen (secondary N) is 1. The van der Waals surface area contributed by atoms with Gasteiger partial charge < -0.3 is 14.4 Å². The molecule has 130 valence electrons. The summed E-state index contributed by atoms with van der Waals surface area (Å²) in [6.07, 6.45) is 0. The molecule has 1 aromatic heterocycles. The Morgan fingerprint density at radius 3 is 2.52 bits per heavy atom. The van der Waals surface area contributed by atoms with Gasteiger partial charge in [-0.05, 0) is 18.2 Å². The summed E-state index contributed by atoms with van der Waals surface area (Å²) >= 11 is 1.39. The summed E-state index contributed by atoms with van der Waals surface area (Å²) < 4.78 is 11.5. The zero-order valence-corrected chi connectivity index (χ0v) is 15.3. The first-order valence-electron chi connectivity index (χ1n) is 7.63. The number of amides is 1. The van der Waals surface area contributed by atoms with Crippen molar-refractivity contribution in [1.82, 2.24) is 4.98 Å². The Labute approximate surface area is 150 Å². The molecule has 0 atom stereocenters. The fourth-order valence-electron chi connectivity index (χ4n) is 2.40. The van der Waals surface area contributed by atoms with Gasteiger partial charge in [-0.1, -0.05) is 17.4 Å². The Bertz CT molecular complexity index is 880. The van der Waals surface area contributed by atoms with Gasteiger partial charge in [0.1, 0.15) is 0 Å². The van der Waals surface area contributed by atoms with E-state index in [9.17, 15) is 4.79 Å². The monoisotopic (exact) mass is 357 g/mol. The summed E-state index contributed by atoms with van der Waals surface area (Å²) in [5.41, 5.74) is 2.30. The van der Waals surface area contributed by atoms with Gasteiger partial charge in [0.05, 0.1) is 24.4 Å². The van der Waals surface area contributed by atoms with E-state index in [1.165, 1.54) is 11.3 Å². The number of thiazole rings is 1. The average Bonchev–Trinajstić information content (AvgIpc) is 3.01. The molecule has 0 aliphatic heterocycles. The highest BCUT2D eigenvalue weighted by Crippen LogP contribution is 2.36. The lowest BCUT2D eigenvalue weighted by Crippen LogP contribution is -2.14. The van der Waals surface area contributed by atoms with Crippen LogP contribution in [0.2, 0.25) is 0 Å². The number of benzene rings is 2. The highest BCUT2D eigenvalue weighted by Gasteiger charge is 2.13. The third-order valence-electron chi connectivity index (χ3n) is 3.74. The highest BCUT2D eigenvalue weighted by molar-refractivity contribution is 7.22. The van der Waals surface area contributed by atoms with Crippen LogP contribution in [0.5, 0.6) is 11.5 Å². The normalized spacial score (nSPS) is 10.6. The van der Waals surface area contributed by atoms with E-state index >= 15 is 0 Å². The molecular formula is C18H19N3O3S. The molecule has 2 aromatic carbocycles. The molecule has 0 bridgehead atoms. The van der Waals surface area contributed by atoms with Crippen molar-refractivity contribution in [2.24, 2.45) is 0 Å². The van der Waals surface area contributed by atoms with Crippen LogP contribution in [0.3, 0.4) is 0 Å². The first-order valence-corrected chi connectivity index (χ1v) is 8.44. The Morgan fingerprint density at radius 1 is 1.12 bits per heavy atom. The highest BCUT2D eigenvalue weighted by atomic mass is 32.1. The molecule has 0 aliphatic carbocycles. The molecule has 1 N–H and O–H groups in total. The second-order valence-electron chi connectivity index (χ2n) is 5.59. The maximum Gasteiger partial charge on any atom is 0.257 e. The number of nitrogens with zero attached hydrogens (tertiary/aromatic N) is 2. The zero-order valence-electron chi connectivity index (χ0n) is 14.5. The summed E-state index contributed by atoms with van der Waals surface area (Å²) in [5.74, 6) is 1.05. The number of rotatable bonds is 5. The molecular weight excluding hydrogens is 338 g/mol. The van der Waals surface area contributed by atoms with Gasteiger partial charge in [0.25, 0.3) is 5.91 Å². The molecule has 6 nitrogen and oxygen atoms in total. The molecule has 0 fully saturated rings. The molecule has 0 unspecified atom stereocenters. The Balaban J connectivity index is 1.87. The summed E-state index contributed by atoms with van der Waals surface area (Å²) in [7, 11) is 7.04. The largest absolute Gasteiger partial charge is 0.493 e. The van der Waals surface area contributed by atoms with Crippen LogP contribution in [0.25, 0.3) is 10.2 Å². The number of anilines is 2. The van der Waals surface area contributed by atoms with Crippen LogP contribution in [-0.4, -0.2) is 39.2 Å². The van der Waals surface area contributed by atoms with Gasteiger partial charge in [-0.15, -0.1) is 0 Å². The molecule has 1 amide bonds. The average molecular weight is 357 g/mol. The van der Waals surface area contributed by atoms with Gasteiger partial charge in [-0.3, -0.25) is 10.1 Å². The molecule has 0 saturated heterocycles. The lowest BCUT2D eigenvalue weighted by Gasteiger charge is -2.13. The fraction of sp³-hybridized carbons (Fsp3) is 0.222. The van der Waals surface area contributed by atoms with E-state index in [-0.39, 0.29) is 5.91 Å². The number of aromatic nitrogens is 1. The van der Waals surface area contributed by atoms with E-state index < -0.39 is 0 Å². The molecule has 0 aliphatic rings. The first-order chi connectivity index (χ1) is 12.0. The van der Waals surface area contributed by atoms with Crippen LogP contribution >= 0.6 is 11.3 Å². The van der Waals surface area contributed by atoms with Crippen LogP contribution in [0, 0.1) is 0 Å². The molecule has 25 heavy (non-hydrogen) atoms. The number of carbonyl (C=O) groups excluding carboxylic acids is 1. The summed E-state index contributed by atoms with van der Waals surface area (Å²) in [4.78, 5) is 18.9. The smallest absolute Gasteiger partial charge is 0.257 e. The minimum atomic E-state index is -0.193. The van der Waals surface area contributed by atoms with Crippen molar-refractivity contribution in [1.29, 1.82) is 0 Å². The minimum Gasteiger partial charge on any atom is -0.493 e. The van der Waals surface area contributed by atoms with Crippen LogP contribution in [0.4, 0.5) is 10.8 Å². The quantitative estimate of drug-likeness (QED) is 0.755. The number of methoxy groups -OCH3 is 2. The van der Waals surface area contributed by atoms with E-state index in [1.807, 2.05) is 43.3 Å². The van der Waals surface area contributed by atoms with Crippen LogP contribution < -0.4 is 19.7 Å². The molecule has 0 spiro atoms. The van der Waals surface area contributed by atoms with Crippen molar-refractivity contribution in [3.63, 3.8) is 0 Å². The van der Waals surface area contributed by atoms with Gasteiger partial charge in [-0.25, -0.2) is 4.98 Å². The van der Waals surface area contributed by atoms with Crippen molar-refractivity contribution in [2.75, 3.05) is 38.5 Å². The molecule has 3 aromatic rings. The van der Waals surface area contributed by atoms with Crippen molar-refractivity contribution < 1.29 is 14.3 Å². The SMILES string of the molecule is COc1cc2nc(NC(=O)c3cccc(N(C)C)c3)sc2cc1OC. The molecule has 3 rings (SSSR count). The van der Waals surface area contributed by atoms with Crippen LogP contribution in [0.15, 0.2) is 36.4 Å². The lowest BCUT2D eigenvalue weighted by atomic mass is 10.2. The van der Waals surface area contributed by atoms with Crippen molar-refractivity contribution >= 4 is 38.3 Å². The van der Waals surface area contributed by atoms with Gasteiger partial charge in [-0.2, -0.15) is 0 Å². The molecule has 1 heterocycles. The van der Waals surface area contributed by atoms with Gasteiger partial charge in [0.15, 0.2) is 16.6 Å². The van der Waals surface area contributed by atoms with Gasteiger partial charge in [0.2, 0.25) is 0 Å². The predicted molar refractivity (Wildman–Crippen MR) is 101 cm³/mol. The number of hydrogen-bond donors (Lipinski definition) is 1. The standard InChI is InChI=1S/C18H19N3O3S/c1-21(2)12-7-5-6-11(8-12)17(22)20-18-19-13-9-14(23-3)15(24-4)10-16(13)25-18/h5-10H,1-4H3,(H,19,20,22). The third kappa shape index (κ3) is 3.51. The molecule has 0 radical (unpaired) electrons. The van der Waals surface area contributed by atoms with Crippen molar-refractivity contribution in [3.05, 3.63) is 42.0 Å². The zero-order chi connectivity index (χ0) is 18.0. The van der Waals surface area contributed by atoms with Crippen LogP contribution in [-0.2, 0) is 0 Å². The fourth-order valence-corrected chi connectivity index (χ4v) is 3.27.